The van der Waals surface area contributed by atoms with Crippen molar-refractivity contribution >= 4 is 11.9 Å². The Bertz CT molecular complexity index is 864. The number of para-hydroxylation sites is 1. The van der Waals surface area contributed by atoms with Crippen LogP contribution >= 0.6 is 0 Å². The Labute approximate surface area is 170 Å². The Kier molecular flexibility index (Phi) is 8.39. The molecule has 0 radical (unpaired) electrons. The summed E-state index contributed by atoms with van der Waals surface area (Å²) in [6, 6.07) is 12.0. The van der Waals surface area contributed by atoms with Gasteiger partial charge in [0.2, 0.25) is 0 Å². The van der Waals surface area contributed by atoms with Gasteiger partial charge in [-0.1, -0.05) is 32.0 Å². The molecule has 8 nitrogen and oxygen atoms in total. The molecule has 0 saturated carbocycles. The summed E-state index contributed by atoms with van der Waals surface area (Å²) in [6.07, 6.45) is 0.0967. The van der Waals surface area contributed by atoms with Crippen molar-refractivity contribution in [1.82, 2.24) is 14.7 Å². The molecule has 156 valence electrons. The standard InChI is InChI=1S/C21H27N3O5/c1-16(2)15-23(12-11-20(26)28-3)21(27)18-9-10-19(25)24(22-18)13-14-29-17-7-5-4-6-8-17/h4-10,16H,11-15H2,1-3H3. The number of ether oxygens (including phenoxy) is 2. The lowest BCUT2D eigenvalue weighted by Gasteiger charge is -2.24. The van der Waals surface area contributed by atoms with Gasteiger partial charge in [0.05, 0.1) is 20.1 Å². The number of rotatable bonds is 10. The van der Waals surface area contributed by atoms with E-state index in [2.05, 4.69) is 9.84 Å². The number of esters is 1. The number of carbonyl (C=O) groups excluding carboxylic acids is 2. The Morgan fingerprint density at radius 2 is 1.86 bits per heavy atom. The van der Waals surface area contributed by atoms with Crippen LogP contribution in [0.4, 0.5) is 0 Å². The highest BCUT2D eigenvalue weighted by atomic mass is 16.5. The zero-order chi connectivity index (χ0) is 21.2. The summed E-state index contributed by atoms with van der Waals surface area (Å²) in [5, 5.41) is 4.20. The molecule has 2 aromatic rings. The van der Waals surface area contributed by atoms with E-state index in [0.29, 0.717) is 12.3 Å². The van der Waals surface area contributed by atoms with Crippen LogP contribution in [0.25, 0.3) is 0 Å². The first-order chi connectivity index (χ1) is 13.9. The van der Waals surface area contributed by atoms with Gasteiger partial charge in [-0.3, -0.25) is 14.4 Å². The Morgan fingerprint density at radius 1 is 1.14 bits per heavy atom. The number of nitrogens with zero attached hydrogens (tertiary/aromatic N) is 3. The number of hydrogen-bond donors (Lipinski definition) is 0. The van der Waals surface area contributed by atoms with Gasteiger partial charge in [0.15, 0.2) is 0 Å². The summed E-state index contributed by atoms with van der Waals surface area (Å²) < 4.78 is 11.5. The SMILES string of the molecule is COC(=O)CCN(CC(C)C)C(=O)c1ccc(=O)n(CCOc2ccccc2)n1. The van der Waals surface area contributed by atoms with Crippen molar-refractivity contribution in [3.8, 4) is 5.75 Å². The summed E-state index contributed by atoms with van der Waals surface area (Å²) in [5.74, 6) is 0.184. The molecule has 8 heteroatoms. The number of carbonyl (C=O) groups is 2. The first-order valence-corrected chi connectivity index (χ1v) is 9.52. The zero-order valence-corrected chi connectivity index (χ0v) is 17.0. The third kappa shape index (κ3) is 7.06. The number of hydrogen-bond acceptors (Lipinski definition) is 6. The van der Waals surface area contributed by atoms with E-state index in [0.717, 1.165) is 0 Å². The number of aromatic nitrogens is 2. The maximum absolute atomic E-state index is 12.9. The highest BCUT2D eigenvalue weighted by Crippen LogP contribution is 2.09. The molecule has 0 unspecified atom stereocenters. The van der Waals surface area contributed by atoms with Crippen LogP contribution in [-0.4, -0.2) is 53.4 Å². The van der Waals surface area contributed by atoms with E-state index in [-0.39, 0.29) is 55.2 Å². The molecule has 1 amide bonds. The lowest BCUT2D eigenvalue weighted by Crippen LogP contribution is -2.38. The van der Waals surface area contributed by atoms with Crippen molar-refractivity contribution in [2.24, 2.45) is 5.92 Å². The first kappa shape index (κ1) is 22.1. The molecule has 0 aliphatic heterocycles. The lowest BCUT2D eigenvalue weighted by molar-refractivity contribution is -0.140. The smallest absolute Gasteiger partial charge is 0.307 e. The first-order valence-electron chi connectivity index (χ1n) is 9.52. The fourth-order valence-corrected chi connectivity index (χ4v) is 2.70. The summed E-state index contributed by atoms with van der Waals surface area (Å²) in [6.45, 7) is 5.10. The molecular formula is C21H27N3O5. The van der Waals surface area contributed by atoms with Crippen molar-refractivity contribution in [1.29, 1.82) is 0 Å². The lowest BCUT2D eigenvalue weighted by atomic mass is 10.2. The molecular weight excluding hydrogens is 374 g/mol. The third-order valence-electron chi connectivity index (χ3n) is 4.09. The van der Waals surface area contributed by atoms with Gasteiger partial charge in [-0.15, -0.1) is 0 Å². The Balaban J connectivity index is 2.08. The molecule has 1 aromatic heterocycles. The van der Waals surface area contributed by atoms with Gasteiger partial charge in [0.1, 0.15) is 18.1 Å². The zero-order valence-electron chi connectivity index (χ0n) is 17.0. The molecule has 1 aromatic carbocycles. The number of benzene rings is 1. The normalized spacial score (nSPS) is 10.6. The predicted molar refractivity (Wildman–Crippen MR) is 108 cm³/mol. The minimum absolute atomic E-state index is 0.0967. The van der Waals surface area contributed by atoms with Crippen molar-refractivity contribution in [3.05, 3.63) is 58.5 Å². The highest BCUT2D eigenvalue weighted by molar-refractivity contribution is 5.92. The maximum Gasteiger partial charge on any atom is 0.307 e. The van der Waals surface area contributed by atoms with Crippen molar-refractivity contribution < 1.29 is 19.1 Å². The topological polar surface area (TPSA) is 90.7 Å². The molecule has 0 atom stereocenters. The number of amides is 1. The van der Waals surface area contributed by atoms with E-state index in [9.17, 15) is 14.4 Å². The van der Waals surface area contributed by atoms with E-state index in [1.807, 2.05) is 44.2 Å². The molecule has 0 aliphatic carbocycles. The molecule has 29 heavy (non-hydrogen) atoms. The van der Waals surface area contributed by atoms with E-state index in [4.69, 9.17) is 4.74 Å². The van der Waals surface area contributed by atoms with Crippen LogP contribution < -0.4 is 10.3 Å². The Morgan fingerprint density at radius 3 is 2.52 bits per heavy atom. The molecule has 0 fully saturated rings. The Hall–Kier alpha value is -3.16. The third-order valence-corrected chi connectivity index (χ3v) is 4.09. The van der Waals surface area contributed by atoms with Crippen LogP contribution in [-0.2, 0) is 16.1 Å². The van der Waals surface area contributed by atoms with Gasteiger partial charge < -0.3 is 14.4 Å². The quantitative estimate of drug-likeness (QED) is 0.566. The van der Waals surface area contributed by atoms with E-state index in [1.165, 1.54) is 23.9 Å². The largest absolute Gasteiger partial charge is 0.492 e. The molecule has 0 bridgehead atoms. The van der Waals surface area contributed by atoms with Crippen LogP contribution in [0.1, 0.15) is 30.8 Å². The summed E-state index contributed by atoms with van der Waals surface area (Å²) >= 11 is 0. The van der Waals surface area contributed by atoms with Crippen LogP contribution in [0.2, 0.25) is 0 Å². The fourth-order valence-electron chi connectivity index (χ4n) is 2.70. The van der Waals surface area contributed by atoms with Crippen LogP contribution in [0, 0.1) is 5.92 Å². The maximum atomic E-state index is 12.9. The second kappa shape index (κ2) is 11.0. The van der Waals surface area contributed by atoms with Gasteiger partial charge in [0.25, 0.3) is 11.5 Å². The molecule has 0 aliphatic rings. The van der Waals surface area contributed by atoms with Crippen molar-refractivity contribution in [2.75, 3.05) is 26.8 Å². The van der Waals surface area contributed by atoms with Crippen molar-refractivity contribution in [3.63, 3.8) is 0 Å². The highest BCUT2D eigenvalue weighted by Gasteiger charge is 2.20. The fraction of sp³-hybridized carbons (Fsp3) is 0.429. The minimum Gasteiger partial charge on any atom is -0.492 e. The van der Waals surface area contributed by atoms with Gasteiger partial charge in [0, 0.05) is 19.2 Å². The summed E-state index contributed by atoms with van der Waals surface area (Å²) in [4.78, 5) is 38.0. The molecule has 1 heterocycles. The van der Waals surface area contributed by atoms with Gasteiger partial charge >= 0.3 is 5.97 Å². The minimum atomic E-state index is -0.387. The summed E-state index contributed by atoms with van der Waals surface area (Å²) in [7, 11) is 1.31. The van der Waals surface area contributed by atoms with Gasteiger partial charge in [-0.05, 0) is 24.1 Å². The monoisotopic (exact) mass is 401 g/mol. The van der Waals surface area contributed by atoms with Crippen LogP contribution in [0.15, 0.2) is 47.3 Å². The second-order valence-corrected chi connectivity index (χ2v) is 6.91. The van der Waals surface area contributed by atoms with E-state index in [1.54, 1.807) is 4.90 Å². The van der Waals surface area contributed by atoms with Crippen molar-refractivity contribution in [2.45, 2.75) is 26.8 Å². The van der Waals surface area contributed by atoms with E-state index >= 15 is 0 Å². The molecule has 0 N–H and O–H groups in total. The predicted octanol–water partition coefficient (Wildman–Crippen LogP) is 1.98. The van der Waals surface area contributed by atoms with Gasteiger partial charge in [-0.25, -0.2) is 4.68 Å². The summed E-state index contributed by atoms with van der Waals surface area (Å²) in [5.41, 5.74) is -0.169. The molecule has 0 saturated heterocycles. The van der Waals surface area contributed by atoms with E-state index < -0.39 is 0 Å². The second-order valence-electron chi connectivity index (χ2n) is 6.91. The average molecular weight is 401 g/mol. The average Bonchev–Trinajstić information content (AvgIpc) is 2.72. The van der Waals surface area contributed by atoms with Crippen LogP contribution in [0.5, 0.6) is 5.75 Å². The van der Waals surface area contributed by atoms with Gasteiger partial charge in [-0.2, -0.15) is 5.10 Å². The molecule has 0 spiro atoms. The van der Waals surface area contributed by atoms with Crippen LogP contribution in [0.3, 0.4) is 0 Å². The molecule has 2 rings (SSSR count). The number of methoxy groups -OCH3 is 1.